The van der Waals surface area contributed by atoms with Crippen molar-refractivity contribution in [1.29, 1.82) is 0 Å². The fourth-order valence-corrected chi connectivity index (χ4v) is 2.34. The van der Waals surface area contributed by atoms with Crippen molar-refractivity contribution in [2.75, 3.05) is 17.2 Å². The van der Waals surface area contributed by atoms with Crippen molar-refractivity contribution in [1.82, 2.24) is 9.97 Å². The molecule has 0 unspecified atom stereocenters. The van der Waals surface area contributed by atoms with Crippen LogP contribution in [0.15, 0.2) is 48.5 Å². The molecule has 2 N–H and O–H groups in total. The number of halogens is 2. The van der Waals surface area contributed by atoms with E-state index in [0.29, 0.717) is 18.1 Å². The number of nitrogens with one attached hydrogen (secondary N) is 2. The summed E-state index contributed by atoms with van der Waals surface area (Å²) in [6.45, 7) is 4.36. The van der Waals surface area contributed by atoms with Crippen LogP contribution in [0.3, 0.4) is 0 Å². The summed E-state index contributed by atoms with van der Waals surface area (Å²) in [4.78, 5) is 8.62. The summed E-state index contributed by atoms with van der Waals surface area (Å²) >= 11 is 0. The maximum atomic E-state index is 13.3. The number of hydrogen-bond donors (Lipinski definition) is 2. The van der Waals surface area contributed by atoms with E-state index in [9.17, 15) is 8.78 Å². The van der Waals surface area contributed by atoms with Gasteiger partial charge in [-0.3, -0.25) is 0 Å². The Morgan fingerprint density at radius 3 is 2.31 bits per heavy atom. The summed E-state index contributed by atoms with van der Waals surface area (Å²) in [6, 6.07) is 12.8. The van der Waals surface area contributed by atoms with Crippen molar-refractivity contribution < 1.29 is 13.5 Å². The number of nitrogens with zero attached hydrogens (tertiary/aromatic N) is 2. The largest absolute Gasteiger partial charge is 0.494 e. The molecule has 3 aromatic rings. The van der Waals surface area contributed by atoms with Gasteiger partial charge in [0.2, 0.25) is 5.95 Å². The molecule has 0 aliphatic carbocycles. The van der Waals surface area contributed by atoms with Crippen LogP contribution in [0.1, 0.15) is 12.6 Å². The van der Waals surface area contributed by atoms with Crippen molar-refractivity contribution >= 4 is 23.1 Å². The quantitative estimate of drug-likeness (QED) is 0.654. The van der Waals surface area contributed by atoms with Crippen LogP contribution in [0.4, 0.5) is 31.9 Å². The maximum Gasteiger partial charge on any atom is 0.229 e. The Kier molecular flexibility index (Phi) is 5.26. The van der Waals surface area contributed by atoms with Crippen molar-refractivity contribution in [3.63, 3.8) is 0 Å². The summed E-state index contributed by atoms with van der Waals surface area (Å²) in [5.41, 5.74) is 1.92. The molecule has 1 aromatic heterocycles. The van der Waals surface area contributed by atoms with E-state index in [1.165, 1.54) is 6.07 Å². The minimum atomic E-state index is -0.935. The summed E-state index contributed by atoms with van der Waals surface area (Å²) in [5, 5.41) is 6.06. The summed E-state index contributed by atoms with van der Waals surface area (Å²) < 4.78 is 31.8. The molecule has 0 spiro atoms. The van der Waals surface area contributed by atoms with Gasteiger partial charge in [-0.25, -0.2) is 13.8 Å². The second-order valence-corrected chi connectivity index (χ2v) is 5.55. The van der Waals surface area contributed by atoms with E-state index in [4.69, 9.17) is 4.74 Å². The fraction of sp³-hybridized carbons (Fsp3) is 0.158. The van der Waals surface area contributed by atoms with Crippen molar-refractivity contribution in [3.8, 4) is 5.75 Å². The van der Waals surface area contributed by atoms with E-state index in [1.807, 2.05) is 38.1 Å². The molecule has 0 saturated carbocycles. The molecule has 26 heavy (non-hydrogen) atoms. The number of hydrogen-bond acceptors (Lipinski definition) is 5. The zero-order valence-electron chi connectivity index (χ0n) is 14.4. The lowest BCUT2D eigenvalue weighted by molar-refractivity contribution is 0.340. The molecule has 0 amide bonds. The van der Waals surface area contributed by atoms with Crippen LogP contribution in [-0.4, -0.2) is 16.6 Å². The molecule has 5 nitrogen and oxygen atoms in total. The highest BCUT2D eigenvalue weighted by Crippen LogP contribution is 2.22. The number of ether oxygens (including phenoxy) is 1. The molecule has 0 aliphatic rings. The first-order chi connectivity index (χ1) is 12.5. The standard InChI is InChI=1S/C19H18F2N4O/c1-3-26-15-7-4-13(5-8-15)23-18-10-12(2)22-19(25-18)24-14-6-9-16(20)17(21)11-14/h4-11H,3H2,1-2H3,(H2,22,23,24,25). The summed E-state index contributed by atoms with van der Waals surface area (Å²) in [6.07, 6.45) is 0. The summed E-state index contributed by atoms with van der Waals surface area (Å²) in [5.74, 6) is -0.192. The number of aromatic nitrogens is 2. The van der Waals surface area contributed by atoms with Crippen molar-refractivity contribution in [2.45, 2.75) is 13.8 Å². The Labute approximate surface area is 150 Å². The second kappa shape index (κ2) is 7.77. The number of anilines is 4. The molecule has 0 fully saturated rings. The predicted molar refractivity (Wildman–Crippen MR) is 97.3 cm³/mol. The van der Waals surface area contributed by atoms with Crippen LogP contribution >= 0.6 is 0 Å². The highest BCUT2D eigenvalue weighted by Gasteiger charge is 2.07. The van der Waals surface area contributed by atoms with Crippen molar-refractivity contribution in [2.24, 2.45) is 0 Å². The minimum Gasteiger partial charge on any atom is -0.494 e. The Balaban J connectivity index is 1.77. The smallest absolute Gasteiger partial charge is 0.229 e. The van der Waals surface area contributed by atoms with Gasteiger partial charge in [0.1, 0.15) is 11.6 Å². The minimum absolute atomic E-state index is 0.282. The fourth-order valence-electron chi connectivity index (χ4n) is 2.34. The van der Waals surface area contributed by atoms with E-state index < -0.39 is 11.6 Å². The van der Waals surface area contributed by atoms with Crippen molar-refractivity contribution in [3.05, 3.63) is 65.9 Å². The molecular weight excluding hydrogens is 338 g/mol. The summed E-state index contributed by atoms with van der Waals surface area (Å²) in [7, 11) is 0. The van der Waals surface area contributed by atoms with Gasteiger partial charge in [0.05, 0.1) is 6.61 Å². The van der Waals surface area contributed by atoms with Crippen LogP contribution in [0, 0.1) is 18.6 Å². The highest BCUT2D eigenvalue weighted by molar-refractivity contribution is 5.60. The molecular formula is C19H18F2N4O. The van der Waals surface area contributed by atoms with Crippen LogP contribution < -0.4 is 15.4 Å². The van der Waals surface area contributed by atoms with Gasteiger partial charge in [0.25, 0.3) is 0 Å². The number of benzene rings is 2. The molecule has 0 saturated heterocycles. The van der Waals surface area contributed by atoms with Gasteiger partial charge in [-0.1, -0.05) is 0 Å². The molecule has 0 radical (unpaired) electrons. The molecule has 134 valence electrons. The van der Waals surface area contributed by atoms with Gasteiger partial charge in [-0.2, -0.15) is 4.98 Å². The Bertz CT molecular complexity index is 901. The van der Waals surface area contributed by atoms with Gasteiger partial charge in [0, 0.05) is 29.2 Å². The molecule has 0 aliphatic heterocycles. The van der Waals surface area contributed by atoms with Gasteiger partial charge < -0.3 is 15.4 Å². The molecule has 2 aromatic carbocycles. The zero-order valence-corrected chi connectivity index (χ0v) is 14.4. The molecule has 0 atom stereocenters. The van der Waals surface area contributed by atoms with Crippen LogP contribution in [0.25, 0.3) is 0 Å². The number of aryl methyl sites for hydroxylation is 1. The highest BCUT2D eigenvalue weighted by atomic mass is 19.2. The normalized spacial score (nSPS) is 10.5. The van der Waals surface area contributed by atoms with Gasteiger partial charge in [-0.05, 0) is 50.2 Å². The Morgan fingerprint density at radius 1 is 0.885 bits per heavy atom. The Morgan fingerprint density at radius 2 is 1.62 bits per heavy atom. The third-order valence-electron chi connectivity index (χ3n) is 3.47. The number of rotatable bonds is 6. The van der Waals surface area contributed by atoms with Gasteiger partial charge in [0.15, 0.2) is 11.6 Å². The Hall–Kier alpha value is -3.22. The first-order valence-corrected chi connectivity index (χ1v) is 8.11. The monoisotopic (exact) mass is 356 g/mol. The predicted octanol–water partition coefficient (Wildman–Crippen LogP) is 4.95. The third kappa shape index (κ3) is 4.44. The van der Waals surface area contributed by atoms with Crippen LogP contribution in [0.2, 0.25) is 0 Å². The zero-order chi connectivity index (χ0) is 18.5. The van der Waals surface area contributed by atoms with E-state index in [2.05, 4.69) is 20.6 Å². The lowest BCUT2D eigenvalue weighted by atomic mass is 10.3. The molecule has 1 heterocycles. The molecule has 0 bridgehead atoms. The first-order valence-electron chi connectivity index (χ1n) is 8.11. The lowest BCUT2D eigenvalue weighted by Gasteiger charge is -2.11. The van der Waals surface area contributed by atoms with Gasteiger partial charge in [-0.15, -0.1) is 0 Å². The van der Waals surface area contributed by atoms with E-state index in [-0.39, 0.29) is 5.95 Å². The van der Waals surface area contributed by atoms with E-state index in [0.717, 1.165) is 29.3 Å². The average molecular weight is 356 g/mol. The molecule has 7 heteroatoms. The second-order valence-electron chi connectivity index (χ2n) is 5.55. The third-order valence-corrected chi connectivity index (χ3v) is 3.47. The van der Waals surface area contributed by atoms with Crippen LogP contribution in [-0.2, 0) is 0 Å². The lowest BCUT2D eigenvalue weighted by Crippen LogP contribution is -2.03. The topological polar surface area (TPSA) is 59.1 Å². The van der Waals surface area contributed by atoms with Crippen LogP contribution in [0.5, 0.6) is 5.75 Å². The SMILES string of the molecule is CCOc1ccc(Nc2cc(C)nc(Nc3ccc(F)c(F)c3)n2)cc1. The van der Waals surface area contributed by atoms with Gasteiger partial charge >= 0.3 is 0 Å². The maximum absolute atomic E-state index is 13.3. The first kappa shape index (κ1) is 17.6. The van der Waals surface area contributed by atoms with E-state index >= 15 is 0 Å². The molecule has 3 rings (SSSR count). The van der Waals surface area contributed by atoms with E-state index in [1.54, 1.807) is 6.07 Å². The average Bonchev–Trinajstić information content (AvgIpc) is 2.60.